The fraction of sp³-hybridized carbons (Fsp3) is 0.197. The highest BCUT2D eigenvalue weighted by molar-refractivity contribution is 7.90. The standard InChI is InChI=1S/C38H36ClN7O4S.C24H24ClN5O2S.C14H12N2O3/c39-34-23-42-37(45-36(34)33-24-46(35-17-8-7-16-32(33)35)51(48,49)31-14-5-2-6-15-31)43-28-13-9-12-27(20-28)40-21-29-18-19-30(22-41-29)44-38(47)50-25-26-10-3-1-4-11-26;25-21-14-27-24(28-17-8-6-7-16(26)13-17)29-23(21)20-15-30(22-12-5-4-11-19(20)22)33(31,32)18-9-2-1-3-10-18;17-9-13-7-6-12(8-15-13)16-14(18)19-10-11-4-2-1-3-5-11/h1-8,10-11,14-19,22-24,27-28,40H,9,12-13,20-21,25H2,(H,44,47)(H,42,43,45);1-5,9-12,14-17H,6-8,13,26H2,(H,27,28,29);1-9H,10H2,(H,16,18)/t27-,28+;16-,17+;/m00./s1. The molecule has 2 fully saturated rings. The molecule has 2 amide bonds. The maximum absolute atomic E-state index is 13.7. The van der Waals surface area contributed by atoms with Crippen LogP contribution in [0, 0.1) is 0 Å². The van der Waals surface area contributed by atoms with Crippen molar-refractivity contribution in [3.63, 3.8) is 0 Å². The van der Waals surface area contributed by atoms with Crippen molar-refractivity contribution < 1.29 is 40.7 Å². The number of aromatic nitrogens is 8. The van der Waals surface area contributed by atoms with Gasteiger partial charge < -0.3 is 31.2 Å². The summed E-state index contributed by atoms with van der Waals surface area (Å²) in [6.45, 7) is 0.970. The predicted octanol–water partition coefficient (Wildman–Crippen LogP) is 15.0. The van der Waals surface area contributed by atoms with Crippen LogP contribution >= 0.6 is 23.2 Å². The molecule has 103 heavy (non-hydrogen) atoms. The van der Waals surface area contributed by atoms with Gasteiger partial charge in [0.15, 0.2) is 6.29 Å². The minimum absolute atomic E-state index is 0.117. The molecule has 0 spiro atoms. The maximum atomic E-state index is 13.7. The van der Waals surface area contributed by atoms with E-state index in [9.17, 15) is 31.2 Å². The molecule has 6 aromatic heterocycles. The second-order valence-electron chi connectivity index (χ2n) is 24.5. The number of halogens is 2. The van der Waals surface area contributed by atoms with E-state index in [0.717, 1.165) is 73.6 Å². The van der Waals surface area contributed by atoms with Gasteiger partial charge in [-0.05, 0) is 123 Å². The molecule has 12 aromatic rings. The normalized spacial score (nSPS) is 15.8. The highest BCUT2D eigenvalue weighted by atomic mass is 35.5. The number of nitrogens with one attached hydrogen (secondary N) is 5. The lowest BCUT2D eigenvalue weighted by Crippen LogP contribution is -2.39. The van der Waals surface area contributed by atoms with Gasteiger partial charge in [0.1, 0.15) is 18.9 Å². The zero-order valence-electron chi connectivity index (χ0n) is 55.5. The SMILES string of the molecule is N[C@H]1CCC[C@@H](Nc2ncc(Cl)c(-c3cn(S(=O)(=O)c4ccccc4)c4ccccc34)n2)C1.O=C(Nc1ccc(CN[C@H]2CCC[C@@H](Nc3ncc(Cl)c(-c4cn(S(=O)(=O)c5ccccc5)c5ccccc45)n3)C2)nc1)OCc1ccccc1.O=Cc1ccc(NC(=O)OCc2ccccc2)cn1. The summed E-state index contributed by atoms with van der Waals surface area (Å²) in [7, 11) is -7.67. The second-order valence-corrected chi connectivity index (χ2v) is 28.9. The molecule has 0 aliphatic heterocycles. The second kappa shape index (κ2) is 33.7. The first-order valence-corrected chi connectivity index (χ1v) is 36.9. The summed E-state index contributed by atoms with van der Waals surface area (Å²) < 4.78 is 67.0. The molecular weight excluding hydrogens is 1390 g/mol. The van der Waals surface area contributed by atoms with Gasteiger partial charge in [0.05, 0.1) is 84.1 Å². The fourth-order valence-electron chi connectivity index (χ4n) is 12.1. The Morgan fingerprint density at radius 2 is 0.942 bits per heavy atom. The van der Waals surface area contributed by atoms with Crippen LogP contribution < -0.4 is 32.3 Å². The van der Waals surface area contributed by atoms with Gasteiger partial charge in [0, 0.05) is 65.0 Å². The Morgan fingerprint density at radius 1 is 0.505 bits per heavy atom. The molecule has 23 nitrogen and oxygen atoms in total. The Morgan fingerprint density at radius 3 is 1.40 bits per heavy atom. The van der Waals surface area contributed by atoms with Crippen molar-refractivity contribution in [1.29, 1.82) is 0 Å². The highest BCUT2D eigenvalue weighted by Crippen LogP contribution is 2.38. The molecule has 0 unspecified atom stereocenters. The molecule has 27 heteroatoms. The molecule has 526 valence electrons. The van der Waals surface area contributed by atoms with E-state index < -0.39 is 32.2 Å². The zero-order chi connectivity index (χ0) is 71.7. The zero-order valence-corrected chi connectivity index (χ0v) is 58.7. The van der Waals surface area contributed by atoms with Crippen LogP contribution in [0.4, 0.5) is 32.9 Å². The minimum atomic E-state index is -3.87. The molecule has 4 atom stereocenters. The summed E-state index contributed by atoms with van der Waals surface area (Å²) >= 11 is 13.2. The van der Waals surface area contributed by atoms with E-state index in [1.54, 1.807) is 116 Å². The molecule has 7 N–H and O–H groups in total. The van der Waals surface area contributed by atoms with Gasteiger partial charge in [-0.2, -0.15) is 0 Å². The number of pyridine rings is 2. The largest absolute Gasteiger partial charge is 0.444 e. The first-order valence-electron chi connectivity index (χ1n) is 33.3. The third-order valence-corrected chi connectivity index (χ3v) is 21.2. The minimum Gasteiger partial charge on any atom is -0.444 e. The van der Waals surface area contributed by atoms with Gasteiger partial charge in [-0.25, -0.2) is 54.3 Å². The van der Waals surface area contributed by atoms with Gasteiger partial charge in [-0.3, -0.25) is 25.4 Å². The third kappa shape index (κ3) is 18.4. The number of hydrogen-bond acceptors (Lipinski definition) is 19. The van der Waals surface area contributed by atoms with E-state index in [0.29, 0.717) is 90.8 Å². The molecule has 0 saturated heterocycles. The van der Waals surface area contributed by atoms with Gasteiger partial charge in [-0.15, -0.1) is 0 Å². The molecular formula is C76H72Cl2N14O9S2. The lowest BCUT2D eigenvalue weighted by atomic mass is 9.91. The van der Waals surface area contributed by atoms with Crippen LogP contribution in [0.25, 0.3) is 44.3 Å². The summed E-state index contributed by atoms with van der Waals surface area (Å²) in [5.41, 5.74) is 13.4. The van der Waals surface area contributed by atoms with Crippen LogP contribution in [0.2, 0.25) is 10.0 Å². The van der Waals surface area contributed by atoms with E-state index in [2.05, 4.69) is 51.5 Å². The third-order valence-electron chi connectivity index (χ3n) is 17.2. The predicted molar refractivity (Wildman–Crippen MR) is 399 cm³/mol. The number of fused-ring (bicyclic) bond motifs is 2. The van der Waals surface area contributed by atoms with Gasteiger partial charge >= 0.3 is 12.2 Å². The van der Waals surface area contributed by atoms with Crippen molar-refractivity contribution in [2.45, 2.75) is 105 Å². The number of nitrogens with zero attached hydrogens (tertiary/aromatic N) is 8. The number of rotatable bonds is 20. The topological polar surface area (TPSA) is 311 Å². The monoisotopic (exact) mass is 1460 g/mol. The number of ether oxygens (including phenoxy) is 2. The van der Waals surface area contributed by atoms with Gasteiger partial charge in [0.2, 0.25) is 11.9 Å². The van der Waals surface area contributed by atoms with Gasteiger partial charge in [0.25, 0.3) is 20.0 Å². The molecule has 6 aromatic carbocycles. The molecule has 2 saturated carbocycles. The summed E-state index contributed by atoms with van der Waals surface area (Å²) in [6, 6.07) is 57.7. The quantitative estimate of drug-likeness (QED) is 0.0386. The van der Waals surface area contributed by atoms with Crippen LogP contribution in [0.15, 0.2) is 241 Å². The first kappa shape index (κ1) is 71.9. The number of benzene rings is 6. The average molecular weight is 1460 g/mol. The van der Waals surface area contributed by atoms with E-state index in [1.807, 2.05) is 103 Å². The van der Waals surface area contributed by atoms with Crippen molar-refractivity contribution in [3.05, 3.63) is 264 Å². The smallest absolute Gasteiger partial charge is 0.412 e. The Labute approximate surface area is 605 Å². The molecule has 2 aliphatic carbocycles. The molecule has 2 aliphatic rings. The average Bonchev–Trinajstić information content (AvgIpc) is 1.61. The van der Waals surface area contributed by atoms with Crippen molar-refractivity contribution >= 4 is 107 Å². The van der Waals surface area contributed by atoms with Crippen LogP contribution in [-0.2, 0) is 49.3 Å². The summed E-state index contributed by atoms with van der Waals surface area (Å²) in [4.78, 5) is 61.1. The van der Waals surface area contributed by atoms with Crippen molar-refractivity contribution in [3.8, 4) is 22.5 Å². The van der Waals surface area contributed by atoms with E-state index in [1.165, 1.54) is 20.2 Å². The Kier molecular flexibility index (Phi) is 23.5. The number of carbonyl (C=O) groups is 3. The number of nitrogens with two attached hydrogens (primary N) is 1. The van der Waals surface area contributed by atoms with Crippen molar-refractivity contribution in [2.24, 2.45) is 5.73 Å². The van der Waals surface area contributed by atoms with Crippen LogP contribution in [0.3, 0.4) is 0 Å². The maximum Gasteiger partial charge on any atom is 0.412 e. The summed E-state index contributed by atoms with van der Waals surface area (Å²) in [5.74, 6) is 0.881. The summed E-state index contributed by atoms with van der Waals surface area (Å²) in [5, 5.41) is 17.8. The Balaban J connectivity index is 0.000000163. The Bertz CT molecular complexity index is 5130. The van der Waals surface area contributed by atoms with Crippen molar-refractivity contribution in [1.82, 2.24) is 43.2 Å². The van der Waals surface area contributed by atoms with Crippen molar-refractivity contribution in [2.75, 3.05) is 21.3 Å². The number of aldehydes is 1. The lowest BCUT2D eigenvalue weighted by molar-refractivity contribution is 0.111. The number of carbonyl (C=O) groups excluding carboxylic acids is 3. The van der Waals surface area contributed by atoms with Crippen LogP contribution in [0.1, 0.15) is 78.7 Å². The van der Waals surface area contributed by atoms with Crippen LogP contribution in [0.5, 0.6) is 0 Å². The number of hydrogen-bond donors (Lipinski definition) is 6. The first-order chi connectivity index (χ1) is 50.0. The fourth-order valence-corrected chi connectivity index (χ4v) is 15.3. The Hall–Kier alpha value is -10.9. The summed E-state index contributed by atoms with van der Waals surface area (Å²) in [6.07, 6.45) is 16.6. The van der Waals surface area contributed by atoms with E-state index in [4.69, 9.17) is 43.4 Å². The number of amides is 2. The molecule has 0 radical (unpaired) electrons. The number of anilines is 4. The lowest BCUT2D eigenvalue weighted by Gasteiger charge is -2.30. The molecule has 14 rings (SSSR count). The van der Waals surface area contributed by atoms with E-state index in [-0.39, 0.29) is 47.2 Å². The van der Waals surface area contributed by atoms with Crippen LogP contribution in [-0.4, -0.2) is 97.3 Å². The molecule has 6 heterocycles. The van der Waals surface area contributed by atoms with Gasteiger partial charge in [-0.1, -0.05) is 157 Å². The number of para-hydroxylation sites is 2. The highest BCUT2D eigenvalue weighted by Gasteiger charge is 2.28. The molecule has 0 bridgehead atoms. The van der Waals surface area contributed by atoms with E-state index >= 15 is 0 Å².